The third-order valence-electron chi connectivity index (χ3n) is 17.8. The molecule has 95 heavy (non-hydrogen) atoms. The third kappa shape index (κ3) is 16.4. The Morgan fingerprint density at radius 2 is 0.442 bits per heavy atom. The first-order valence-corrected chi connectivity index (χ1v) is 33.0. The summed E-state index contributed by atoms with van der Waals surface area (Å²) in [4.78, 5) is 0. The Morgan fingerprint density at radius 3 is 0.621 bits per heavy atom. The van der Waals surface area contributed by atoms with Crippen LogP contribution in [0.5, 0.6) is 11.5 Å². The fourth-order valence-electron chi connectivity index (χ4n) is 12.4. The summed E-state index contributed by atoms with van der Waals surface area (Å²) < 4.78 is 94.3. The van der Waals surface area contributed by atoms with Gasteiger partial charge in [0, 0.05) is 23.0 Å². The molecular formula is C58H86O35S2. The van der Waals surface area contributed by atoms with Crippen molar-refractivity contribution in [2.45, 2.75) is 226 Å². The second-order valence-corrected chi connectivity index (χ2v) is 26.1. The van der Waals surface area contributed by atoms with Gasteiger partial charge in [-0.1, -0.05) is 24.3 Å². The number of ether oxygens (including phenoxy) is 16. The number of aliphatic hydroxyl groups is 19. The molecule has 14 bridgehead atoms. The molecule has 0 radical (unpaired) electrons. The van der Waals surface area contributed by atoms with Gasteiger partial charge in [-0.3, -0.25) is 0 Å². The number of aliphatic hydroxyl groups excluding tert-OH is 19. The maximum absolute atomic E-state index is 12.1. The normalized spacial score (nSPS) is 47.0. The van der Waals surface area contributed by atoms with E-state index < -0.39 is 248 Å². The molecule has 35 atom stereocenters. The van der Waals surface area contributed by atoms with Gasteiger partial charge in [0.1, 0.15) is 170 Å². The molecule has 21 saturated heterocycles. The van der Waals surface area contributed by atoms with Crippen molar-refractivity contribution in [3.05, 3.63) is 59.7 Å². The molecule has 21 aliphatic heterocycles. The second-order valence-electron chi connectivity index (χ2n) is 24.0. The quantitative estimate of drug-likeness (QED) is 0.0787. The Kier molecular flexibility index (Phi) is 26.5. The third-order valence-corrected chi connectivity index (χ3v) is 20.0. The van der Waals surface area contributed by atoms with Crippen molar-refractivity contribution in [3.8, 4) is 11.5 Å². The van der Waals surface area contributed by atoms with Crippen LogP contribution in [0.1, 0.15) is 11.1 Å². The van der Waals surface area contributed by atoms with Crippen LogP contribution in [0.4, 0.5) is 0 Å². The van der Waals surface area contributed by atoms with Gasteiger partial charge in [-0.2, -0.15) is 23.5 Å². The number of methoxy groups -OCH3 is 2. The zero-order valence-corrected chi connectivity index (χ0v) is 52.7. The van der Waals surface area contributed by atoms with E-state index in [1.54, 1.807) is 48.5 Å². The lowest BCUT2D eigenvalue weighted by Gasteiger charge is -2.50. The highest BCUT2D eigenvalue weighted by Crippen LogP contribution is 2.40. The van der Waals surface area contributed by atoms with E-state index in [4.69, 9.17) is 75.8 Å². The minimum Gasteiger partial charge on any atom is -0.497 e. The van der Waals surface area contributed by atoms with E-state index in [2.05, 4.69) is 0 Å². The van der Waals surface area contributed by atoms with E-state index in [-0.39, 0.29) is 11.5 Å². The molecule has 21 heterocycles. The summed E-state index contributed by atoms with van der Waals surface area (Å²) >= 11 is 2.47. The number of hydrogen-bond acceptors (Lipinski definition) is 37. The van der Waals surface area contributed by atoms with Crippen LogP contribution in [-0.2, 0) is 77.8 Å². The largest absolute Gasteiger partial charge is 0.497 e. The van der Waals surface area contributed by atoms with Crippen LogP contribution in [0, 0.1) is 0 Å². The average molecular weight is 1410 g/mol. The highest BCUT2D eigenvalue weighted by Gasteiger charge is 2.60. The predicted molar refractivity (Wildman–Crippen MR) is 313 cm³/mol. The summed E-state index contributed by atoms with van der Waals surface area (Å²) in [5.41, 5.74) is 1.59. The lowest BCUT2D eigenvalue weighted by atomic mass is 9.95. The van der Waals surface area contributed by atoms with Crippen LogP contribution in [-0.4, -0.2) is 371 Å². The zero-order chi connectivity index (χ0) is 68.3. The van der Waals surface area contributed by atoms with Gasteiger partial charge in [-0.05, 0) is 35.4 Å². The Hall–Kier alpha value is -2.58. The lowest BCUT2D eigenvalue weighted by Crippen LogP contribution is -2.68. The van der Waals surface area contributed by atoms with Crippen LogP contribution in [0.2, 0.25) is 0 Å². The molecule has 35 nitrogen and oxygen atoms in total. The molecule has 21 aliphatic rings. The van der Waals surface area contributed by atoms with Crippen molar-refractivity contribution in [1.82, 2.24) is 0 Å². The standard InChI is InChI=1S/C58H86O35S2/c1-78-22-7-3-20(4-8-22)16-94-18-29-50-37(70)44(77)58(86-29)93-51-30(19-95-17-21-5-9-23(79-2)10-6-21)85-57(43(76)36(51)69)91-49-28(15-63)83-55(41(74)34(49)67)89-47-26(13-61)81-53(39(72)32(47)65)87-45-24(11-59)80-52(38(71)31(45)64)88-46-25(12-60)82-54(40(73)33(46)66)90-48-27(14-62)84-56(92-50)42(75)35(48)68/h3-10,24-77H,11-19H2,1-2H3/t24-,25-,26-,27-,28-,29-,30-,31-,32-,33-,34-,35-,36-,37-,38-,39-,40-,41-,42-,43-,44-,45-,46-,47-,48-,49-,50-,51-,52-,53-,54-,55-,56-,57-,58-/m1/s1. The molecule has 0 aromatic heterocycles. The smallest absolute Gasteiger partial charge is 0.187 e. The monoisotopic (exact) mass is 1410 g/mol. The van der Waals surface area contributed by atoms with Crippen LogP contribution < -0.4 is 9.47 Å². The van der Waals surface area contributed by atoms with Crippen molar-refractivity contribution in [2.75, 3.05) is 58.8 Å². The maximum Gasteiger partial charge on any atom is 0.187 e. The fraction of sp³-hybridized carbons (Fsp3) is 0.793. The molecule has 540 valence electrons. The Labute approximate surface area is 550 Å². The molecule has 2 aromatic carbocycles. The molecule has 21 fully saturated rings. The second kappa shape index (κ2) is 33.5. The van der Waals surface area contributed by atoms with Gasteiger partial charge in [-0.25, -0.2) is 0 Å². The highest BCUT2D eigenvalue weighted by atomic mass is 32.2. The van der Waals surface area contributed by atoms with Gasteiger partial charge in [0.05, 0.1) is 59.5 Å². The first-order chi connectivity index (χ1) is 45.6. The number of hydrogen-bond donors (Lipinski definition) is 19. The first-order valence-electron chi connectivity index (χ1n) is 30.7. The van der Waals surface area contributed by atoms with Crippen molar-refractivity contribution in [3.63, 3.8) is 0 Å². The van der Waals surface area contributed by atoms with Crippen molar-refractivity contribution in [2.24, 2.45) is 0 Å². The molecule has 37 heteroatoms. The van der Waals surface area contributed by atoms with Crippen LogP contribution in [0.3, 0.4) is 0 Å². The molecule has 0 amide bonds. The van der Waals surface area contributed by atoms with Gasteiger partial charge in [0.25, 0.3) is 0 Å². The summed E-state index contributed by atoms with van der Waals surface area (Å²) in [5.74, 6) is 1.55. The average Bonchev–Trinajstić information content (AvgIpc) is 0.790. The minimum atomic E-state index is -2.21. The number of rotatable bonds is 15. The van der Waals surface area contributed by atoms with Crippen LogP contribution in [0.15, 0.2) is 48.5 Å². The Balaban J connectivity index is 0.964. The maximum atomic E-state index is 12.1. The first kappa shape index (κ1) is 75.1. The lowest BCUT2D eigenvalue weighted by molar-refractivity contribution is -0.396. The van der Waals surface area contributed by atoms with E-state index in [1.807, 2.05) is 0 Å². The molecule has 0 aliphatic carbocycles. The molecule has 0 saturated carbocycles. The van der Waals surface area contributed by atoms with Crippen molar-refractivity contribution in [1.29, 1.82) is 0 Å². The fourth-order valence-corrected chi connectivity index (χ4v) is 14.5. The SMILES string of the molecule is COc1ccc(CSC[C@H]2O[C@@H]3O[C@H]4[C@H](O)[C@@H](O)[C@@H](O[C@H]5[C@H](O)[C@@H](O)[C@@H](O[C@H]6[C@H](O)[C@@H](O)[C@@H](O[C@H]7[C@H](O)[C@@H](O)[C@@H](O[C@H]8[C@H](O)[C@@H](O)[C@@H](O[C@H]9[C@H](O)[C@@H](O)[C@@H](O[C@H]2[C@H](O)[C@H]3O)O[C@@H]9CO)O[C@@H]8CO)O[C@@H]7CO)O[C@@H]6CO)O[C@@H]5CO)O[C@@H]4CSCc2ccc(OC)cc2)cc1. The molecule has 0 spiro atoms. The van der Waals surface area contributed by atoms with Crippen molar-refractivity contribution < 1.29 is 173 Å². The number of thioether (sulfide) groups is 2. The summed E-state index contributed by atoms with van der Waals surface area (Å²) in [7, 11) is 3.00. The van der Waals surface area contributed by atoms with E-state index in [1.165, 1.54) is 37.7 Å². The van der Waals surface area contributed by atoms with Gasteiger partial charge in [0.15, 0.2) is 44.0 Å². The Morgan fingerprint density at radius 1 is 0.263 bits per heavy atom. The summed E-state index contributed by atoms with van der Waals surface area (Å²) in [6, 6.07) is 14.1. The molecule has 23 rings (SSSR count). The van der Waals surface area contributed by atoms with Crippen LogP contribution >= 0.6 is 23.5 Å². The minimum absolute atomic E-state index is 0.0986. The van der Waals surface area contributed by atoms with E-state index in [9.17, 15) is 97.0 Å². The predicted octanol–water partition coefficient (Wildman–Crippen LogP) is -9.33. The van der Waals surface area contributed by atoms with E-state index in [0.29, 0.717) is 23.0 Å². The summed E-state index contributed by atoms with van der Waals surface area (Å²) in [6.07, 6.45) is -68.1. The summed E-state index contributed by atoms with van der Waals surface area (Å²) in [6.45, 7) is -5.14. The van der Waals surface area contributed by atoms with Crippen LogP contribution in [0.25, 0.3) is 0 Å². The van der Waals surface area contributed by atoms with Gasteiger partial charge in [-0.15, -0.1) is 0 Å². The molecular weight excluding hydrogens is 1320 g/mol. The molecule has 0 unspecified atom stereocenters. The highest BCUT2D eigenvalue weighted by molar-refractivity contribution is 7.98. The van der Waals surface area contributed by atoms with Crippen molar-refractivity contribution >= 4 is 23.5 Å². The summed E-state index contributed by atoms with van der Waals surface area (Å²) in [5, 5.41) is 217. The molecule has 2 aromatic rings. The van der Waals surface area contributed by atoms with Gasteiger partial charge < -0.3 is 173 Å². The van der Waals surface area contributed by atoms with Gasteiger partial charge >= 0.3 is 0 Å². The Bertz CT molecular complexity index is 2590. The van der Waals surface area contributed by atoms with E-state index in [0.717, 1.165) is 11.1 Å². The van der Waals surface area contributed by atoms with Gasteiger partial charge in [0.2, 0.25) is 0 Å². The number of benzene rings is 2. The topological polar surface area (TPSA) is 532 Å². The zero-order valence-electron chi connectivity index (χ0n) is 51.0. The van der Waals surface area contributed by atoms with E-state index >= 15 is 0 Å². The molecule has 19 N–H and O–H groups in total.